The molecule has 92 valence electrons. The minimum Gasteiger partial charge on any atom is -0.464 e. The summed E-state index contributed by atoms with van der Waals surface area (Å²) in [6, 6.07) is 7.52. The Kier molecular flexibility index (Phi) is 4.12. The van der Waals surface area contributed by atoms with Crippen molar-refractivity contribution in [1.29, 1.82) is 0 Å². The van der Waals surface area contributed by atoms with Crippen LogP contribution in [0, 0.1) is 0 Å². The van der Waals surface area contributed by atoms with Gasteiger partial charge in [0, 0.05) is 6.54 Å². The Morgan fingerprint density at radius 3 is 3.12 bits per heavy atom. The van der Waals surface area contributed by atoms with E-state index < -0.39 is 6.04 Å². The Hall–Kier alpha value is -1.39. The average Bonchev–Trinajstić information content (AvgIpc) is 2.38. The second kappa shape index (κ2) is 5.80. The van der Waals surface area contributed by atoms with E-state index in [0.717, 1.165) is 30.5 Å². The monoisotopic (exact) mass is 234 g/mol. The third-order valence-electron chi connectivity index (χ3n) is 2.87. The molecule has 0 radical (unpaired) electrons. The van der Waals surface area contributed by atoms with Gasteiger partial charge in [-0.25, -0.2) is 10.2 Å². The summed E-state index contributed by atoms with van der Waals surface area (Å²) in [5.74, 6) is -0.210. The second-order valence-electron chi connectivity index (χ2n) is 4.15. The maximum absolute atomic E-state index is 11.9. The average molecular weight is 234 g/mol. The van der Waals surface area contributed by atoms with Crippen LogP contribution < -0.4 is 10.9 Å². The molecule has 0 fully saturated rings. The molecule has 0 saturated heterocycles. The molecule has 0 amide bonds. The lowest BCUT2D eigenvalue weighted by molar-refractivity contribution is -0.147. The summed E-state index contributed by atoms with van der Waals surface area (Å²) in [6.45, 7) is 3.30. The summed E-state index contributed by atoms with van der Waals surface area (Å²) in [4.78, 5) is 11.9. The molecule has 1 aliphatic rings. The van der Waals surface area contributed by atoms with Gasteiger partial charge in [-0.15, -0.1) is 0 Å². The first-order chi connectivity index (χ1) is 8.33. The predicted octanol–water partition coefficient (Wildman–Crippen LogP) is 1.68. The molecule has 0 aromatic heterocycles. The Bertz CT molecular complexity index is 393. The molecule has 1 aromatic carbocycles. The van der Waals surface area contributed by atoms with Crippen LogP contribution in [0.5, 0.6) is 0 Å². The van der Waals surface area contributed by atoms with Crippen LogP contribution in [0.15, 0.2) is 24.3 Å². The molecular weight excluding hydrogens is 216 g/mol. The summed E-state index contributed by atoms with van der Waals surface area (Å²) in [5, 5.41) is 0. The molecule has 4 nitrogen and oxygen atoms in total. The van der Waals surface area contributed by atoms with Gasteiger partial charge < -0.3 is 4.74 Å². The van der Waals surface area contributed by atoms with E-state index in [1.807, 2.05) is 24.3 Å². The molecule has 17 heavy (non-hydrogen) atoms. The molecule has 1 aromatic rings. The fraction of sp³-hybridized carbons (Fsp3) is 0.462. The number of fused-ring (bicyclic) bond motifs is 1. The largest absolute Gasteiger partial charge is 0.464 e. The lowest BCUT2D eigenvalue weighted by Gasteiger charge is -2.25. The molecule has 0 bridgehead atoms. The van der Waals surface area contributed by atoms with E-state index in [2.05, 4.69) is 17.8 Å². The molecule has 0 saturated carbocycles. The zero-order valence-corrected chi connectivity index (χ0v) is 10.0. The predicted molar refractivity (Wildman–Crippen MR) is 65.0 cm³/mol. The molecule has 0 spiro atoms. The van der Waals surface area contributed by atoms with Gasteiger partial charge >= 0.3 is 5.97 Å². The van der Waals surface area contributed by atoms with Crippen LogP contribution in [0.3, 0.4) is 0 Å². The summed E-state index contributed by atoms with van der Waals surface area (Å²) in [5.41, 5.74) is 8.14. The van der Waals surface area contributed by atoms with Crippen molar-refractivity contribution < 1.29 is 9.53 Å². The fourth-order valence-electron chi connectivity index (χ4n) is 1.89. The number of hydrogen-bond donors (Lipinski definition) is 2. The Morgan fingerprint density at radius 2 is 2.29 bits per heavy atom. The first kappa shape index (κ1) is 12.1. The van der Waals surface area contributed by atoms with E-state index in [-0.39, 0.29) is 5.97 Å². The van der Waals surface area contributed by atoms with Crippen molar-refractivity contribution in [3.63, 3.8) is 0 Å². The van der Waals surface area contributed by atoms with Crippen LogP contribution in [0.1, 0.15) is 36.9 Å². The maximum atomic E-state index is 11.9. The normalized spacial score (nSPS) is 18.5. The van der Waals surface area contributed by atoms with Gasteiger partial charge in [0.25, 0.3) is 0 Å². The third-order valence-corrected chi connectivity index (χ3v) is 2.87. The summed E-state index contributed by atoms with van der Waals surface area (Å²) in [6.07, 6.45) is 1.94. The number of unbranched alkanes of at least 4 members (excludes halogenated alkanes) is 1. The smallest absolute Gasteiger partial charge is 0.329 e. The number of carbonyl (C=O) groups is 1. The van der Waals surface area contributed by atoms with Crippen molar-refractivity contribution in [2.75, 3.05) is 6.61 Å². The van der Waals surface area contributed by atoms with Gasteiger partial charge in [0.15, 0.2) is 0 Å². The number of benzene rings is 1. The molecule has 2 N–H and O–H groups in total. The lowest BCUT2D eigenvalue weighted by atomic mass is 9.99. The number of esters is 1. The van der Waals surface area contributed by atoms with Crippen LogP contribution in [-0.4, -0.2) is 12.6 Å². The Morgan fingerprint density at radius 1 is 1.47 bits per heavy atom. The standard InChI is InChI=1S/C13H18N2O2/c1-2-3-8-17-13(16)12-11-7-5-4-6-10(11)9-14-15-12/h4-7,12,14-15H,2-3,8-9H2,1H3. The van der Waals surface area contributed by atoms with E-state index in [4.69, 9.17) is 4.74 Å². The Balaban J connectivity index is 2.05. The minimum absolute atomic E-state index is 0.210. The Labute approximate surface area is 101 Å². The first-order valence-electron chi connectivity index (χ1n) is 6.05. The zero-order valence-electron chi connectivity index (χ0n) is 10.0. The number of hydrogen-bond acceptors (Lipinski definition) is 4. The number of nitrogens with one attached hydrogen (secondary N) is 2. The molecule has 1 aliphatic heterocycles. The van der Waals surface area contributed by atoms with Crippen molar-refractivity contribution in [2.45, 2.75) is 32.4 Å². The lowest BCUT2D eigenvalue weighted by Crippen LogP contribution is -2.44. The van der Waals surface area contributed by atoms with Crippen molar-refractivity contribution in [2.24, 2.45) is 0 Å². The van der Waals surface area contributed by atoms with Crippen LogP contribution in [0.2, 0.25) is 0 Å². The molecule has 2 rings (SSSR count). The number of rotatable bonds is 4. The molecule has 4 heteroatoms. The molecule has 1 atom stereocenters. The second-order valence-corrected chi connectivity index (χ2v) is 4.15. The molecular formula is C13H18N2O2. The fourth-order valence-corrected chi connectivity index (χ4v) is 1.89. The maximum Gasteiger partial charge on any atom is 0.329 e. The quantitative estimate of drug-likeness (QED) is 0.614. The van der Waals surface area contributed by atoms with Crippen LogP contribution in [-0.2, 0) is 16.1 Å². The van der Waals surface area contributed by atoms with Crippen molar-refractivity contribution in [3.8, 4) is 0 Å². The van der Waals surface area contributed by atoms with Crippen molar-refractivity contribution in [1.82, 2.24) is 10.9 Å². The minimum atomic E-state index is -0.392. The third kappa shape index (κ3) is 2.84. The van der Waals surface area contributed by atoms with Gasteiger partial charge in [0.1, 0.15) is 6.04 Å². The van der Waals surface area contributed by atoms with Crippen molar-refractivity contribution >= 4 is 5.97 Å². The van der Waals surface area contributed by atoms with Crippen LogP contribution in [0.25, 0.3) is 0 Å². The summed E-state index contributed by atoms with van der Waals surface area (Å²) < 4.78 is 5.24. The number of ether oxygens (including phenoxy) is 1. The van der Waals surface area contributed by atoms with Gasteiger partial charge in [0.05, 0.1) is 6.61 Å². The van der Waals surface area contributed by atoms with E-state index in [1.165, 1.54) is 0 Å². The summed E-state index contributed by atoms with van der Waals surface area (Å²) in [7, 11) is 0. The highest BCUT2D eigenvalue weighted by molar-refractivity contribution is 5.78. The van der Waals surface area contributed by atoms with E-state index in [1.54, 1.807) is 0 Å². The van der Waals surface area contributed by atoms with Gasteiger partial charge in [0.2, 0.25) is 0 Å². The highest BCUT2D eigenvalue weighted by Crippen LogP contribution is 2.21. The molecule has 1 unspecified atom stereocenters. The van der Waals surface area contributed by atoms with Gasteiger partial charge in [-0.05, 0) is 17.5 Å². The number of carbonyl (C=O) groups excluding carboxylic acids is 1. The van der Waals surface area contributed by atoms with Crippen molar-refractivity contribution in [3.05, 3.63) is 35.4 Å². The van der Waals surface area contributed by atoms with Gasteiger partial charge in [-0.2, -0.15) is 0 Å². The highest BCUT2D eigenvalue weighted by atomic mass is 16.5. The first-order valence-corrected chi connectivity index (χ1v) is 6.05. The van der Waals surface area contributed by atoms with E-state index in [9.17, 15) is 4.79 Å². The topological polar surface area (TPSA) is 50.4 Å². The summed E-state index contributed by atoms with van der Waals surface area (Å²) >= 11 is 0. The van der Waals surface area contributed by atoms with Gasteiger partial charge in [-0.1, -0.05) is 37.6 Å². The number of hydrazine groups is 1. The van der Waals surface area contributed by atoms with Crippen LogP contribution in [0.4, 0.5) is 0 Å². The zero-order chi connectivity index (χ0) is 12.1. The SMILES string of the molecule is CCCCOC(=O)C1NNCc2ccccc21. The van der Waals surface area contributed by atoms with Gasteiger partial charge in [-0.3, -0.25) is 5.43 Å². The highest BCUT2D eigenvalue weighted by Gasteiger charge is 2.26. The van der Waals surface area contributed by atoms with E-state index in [0.29, 0.717) is 6.61 Å². The molecule has 1 heterocycles. The molecule has 0 aliphatic carbocycles. The van der Waals surface area contributed by atoms with Crippen LogP contribution >= 0.6 is 0 Å². The van der Waals surface area contributed by atoms with E-state index >= 15 is 0 Å².